The van der Waals surface area contributed by atoms with E-state index < -0.39 is 0 Å². The lowest BCUT2D eigenvalue weighted by atomic mass is 9.98. The first kappa shape index (κ1) is 23.8. The lowest BCUT2D eigenvalue weighted by molar-refractivity contribution is 0.0946. The molecule has 0 saturated heterocycles. The highest BCUT2D eigenvalue weighted by molar-refractivity contribution is 6.33. The van der Waals surface area contributed by atoms with E-state index in [0.717, 1.165) is 34.5 Å². The van der Waals surface area contributed by atoms with E-state index >= 15 is 0 Å². The Morgan fingerprint density at radius 3 is 2.62 bits per heavy atom. The molecule has 0 bridgehead atoms. The van der Waals surface area contributed by atoms with Crippen molar-refractivity contribution in [3.05, 3.63) is 70.1 Å². The number of aromatic amines is 1. The number of nitrogens with zero attached hydrogens (tertiary/aromatic N) is 1. The molecule has 0 fully saturated rings. The Balaban J connectivity index is 1.73. The number of amides is 1. The predicted octanol–water partition coefficient (Wildman–Crippen LogP) is 5.17. The largest absolute Gasteiger partial charge is 0.392 e. The third kappa shape index (κ3) is 6.11. The van der Waals surface area contributed by atoms with Crippen molar-refractivity contribution in [2.45, 2.75) is 53.3 Å². The number of anilines is 1. The number of aromatic nitrogens is 2. The SMILES string of the molecule is CC(C)Cc1ccc(CO)c(CNC(=O)c2cc(-c3cc(NC(C)C)ncc3Cl)c[nH]2)c1. The number of hydrogen-bond acceptors (Lipinski definition) is 4. The number of hydrogen-bond donors (Lipinski definition) is 4. The highest BCUT2D eigenvalue weighted by Gasteiger charge is 2.14. The van der Waals surface area contributed by atoms with Crippen molar-refractivity contribution in [2.75, 3.05) is 5.32 Å². The van der Waals surface area contributed by atoms with Crippen molar-refractivity contribution >= 4 is 23.3 Å². The van der Waals surface area contributed by atoms with Crippen LogP contribution in [0.1, 0.15) is 54.9 Å². The highest BCUT2D eigenvalue weighted by atomic mass is 35.5. The number of nitrogens with one attached hydrogen (secondary N) is 3. The molecule has 0 aliphatic carbocycles. The summed E-state index contributed by atoms with van der Waals surface area (Å²) in [4.78, 5) is 20.1. The zero-order valence-electron chi connectivity index (χ0n) is 19.0. The van der Waals surface area contributed by atoms with Crippen molar-refractivity contribution in [1.82, 2.24) is 15.3 Å². The molecule has 0 saturated carbocycles. The van der Waals surface area contributed by atoms with Gasteiger partial charge >= 0.3 is 0 Å². The van der Waals surface area contributed by atoms with Crippen molar-refractivity contribution in [3.8, 4) is 11.1 Å². The first-order valence-corrected chi connectivity index (χ1v) is 11.2. The third-order valence-corrected chi connectivity index (χ3v) is 5.36. The molecular weight excluding hydrogens is 424 g/mol. The van der Waals surface area contributed by atoms with E-state index in [2.05, 4.69) is 40.5 Å². The molecular formula is C25H31ClN4O2. The number of carbonyl (C=O) groups is 1. The van der Waals surface area contributed by atoms with Gasteiger partial charge < -0.3 is 20.7 Å². The number of aliphatic hydroxyl groups is 1. The van der Waals surface area contributed by atoms with Gasteiger partial charge in [-0.2, -0.15) is 0 Å². The fraction of sp³-hybridized carbons (Fsp3) is 0.360. The van der Waals surface area contributed by atoms with E-state index in [1.54, 1.807) is 18.5 Å². The number of pyridine rings is 1. The van der Waals surface area contributed by atoms with Crippen molar-refractivity contribution in [3.63, 3.8) is 0 Å². The molecule has 170 valence electrons. The lowest BCUT2D eigenvalue weighted by Crippen LogP contribution is -2.23. The van der Waals surface area contributed by atoms with Gasteiger partial charge in [0.2, 0.25) is 0 Å². The van der Waals surface area contributed by atoms with Gasteiger partial charge in [-0.25, -0.2) is 4.98 Å². The molecule has 2 heterocycles. The Bertz CT molecular complexity index is 1080. The lowest BCUT2D eigenvalue weighted by Gasteiger charge is -2.12. The summed E-state index contributed by atoms with van der Waals surface area (Å²) in [5.41, 5.74) is 4.98. The summed E-state index contributed by atoms with van der Waals surface area (Å²) in [6.45, 7) is 8.69. The zero-order valence-corrected chi connectivity index (χ0v) is 19.8. The molecule has 0 radical (unpaired) electrons. The van der Waals surface area contributed by atoms with Crippen molar-refractivity contribution in [1.29, 1.82) is 0 Å². The minimum atomic E-state index is -0.222. The fourth-order valence-corrected chi connectivity index (χ4v) is 3.80. The van der Waals surface area contributed by atoms with Gasteiger partial charge in [0.05, 0.1) is 11.6 Å². The molecule has 0 aliphatic rings. The van der Waals surface area contributed by atoms with Crippen LogP contribution in [0.2, 0.25) is 5.02 Å². The summed E-state index contributed by atoms with van der Waals surface area (Å²) in [7, 11) is 0. The van der Waals surface area contributed by atoms with E-state index in [9.17, 15) is 9.90 Å². The number of H-pyrrole nitrogens is 1. The summed E-state index contributed by atoms with van der Waals surface area (Å²) in [5, 5.41) is 16.4. The van der Waals surface area contributed by atoms with Crippen molar-refractivity contribution < 1.29 is 9.90 Å². The standard InChI is InChI=1S/C25H31ClN4O2/c1-15(2)7-17-5-6-18(14-31)19(8-17)11-29-25(32)23-9-20(12-27-23)21-10-24(30-16(3)4)28-13-22(21)26/h5-6,8-10,12-13,15-16,27,31H,7,11,14H2,1-4H3,(H,28,30)(H,29,32). The molecule has 7 heteroatoms. The Morgan fingerprint density at radius 1 is 1.16 bits per heavy atom. The summed E-state index contributed by atoms with van der Waals surface area (Å²) < 4.78 is 0. The Kier molecular flexibility index (Phi) is 7.94. The van der Waals surface area contributed by atoms with Gasteiger partial charge in [-0.3, -0.25) is 4.79 Å². The van der Waals surface area contributed by atoms with Crippen LogP contribution in [0, 0.1) is 5.92 Å². The first-order valence-electron chi connectivity index (χ1n) is 10.9. The van der Waals surface area contributed by atoms with Gasteiger partial charge in [-0.05, 0) is 55.0 Å². The van der Waals surface area contributed by atoms with Crippen LogP contribution in [-0.2, 0) is 19.6 Å². The number of halogens is 1. The van der Waals surface area contributed by atoms with Gasteiger partial charge in [0.25, 0.3) is 5.91 Å². The van der Waals surface area contributed by atoms with Crippen LogP contribution in [0.3, 0.4) is 0 Å². The highest BCUT2D eigenvalue weighted by Crippen LogP contribution is 2.30. The number of aliphatic hydroxyl groups excluding tert-OH is 1. The smallest absolute Gasteiger partial charge is 0.267 e. The van der Waals surface area contributed by atoms with Crippen LogP contribution in [0.4, 0.5) is 5.82 Å². The molecule has 4 N–H and O–H groups in total. The minimum absolute atomic E-state index is 0.0624. The summed E-state index contributed by atoms with van der Waals surface area (Å²) in [5.74, 6) is 1.04. The molecule has 2 aromatic heterocycles. The molecule has 3 rings (SSSR count). The fourth-order valence-electron chi connectivity index (χ4n) is 3.58. The topological polar surface area (TPSA) is 90.0 Å². The molecule has 1 aromatic carbocycles. The van der Waals surface area contributed by atoms with E-state index in [-0.39, 0.29) is 18.6 Å². The Labute approximate surface area is 194 Å². The quantitative estimate of drug-likeness (QED) is 0.359. The molecule has 1 amide bonds. The minimum Gasteiger partial charge on any atom is -0.392 e. The molecule has 32 heavy (non-hydrogen) atoms. The summed E-state index contributed by atoms with van der Waals surface area (Å²) >= 11 is 6.35. The summed E-state index contributed by atoms with van der Waals surface area (Å²) in [6.07, 6.45) is 4.32. The molecule has 0 spiro atoms. The monoisotopic (exact) mass is 454 g/mol. The molecule has 6 nitrogen and oxygen atoms in total. The predicted molar refractivity (Wildman–Crippen MR) is 130 cm³/mol. The van der Waals surface area contributed by atoms with Gasteiger partial charge in [-0.15, -0.1) is 0 Å². The van der Waals surface area contributed by atoms with Crippen LogP contribution in [-0.4, -0.2) is 27.0 Å². The van der Waals surface area contributed by atoms with E-state index in [4.69, 9.17) is 11.6 Å². The van der Waals surface area contributed by atoms with Crippen LogP contribution >= 0.6 is 11.6 Å². The van der Waals surface area contributed by atoms with Crippen molar-refractivity contribution in [2.24, 2.45) is 5.92 Å². The van der Waals surface area contributed by atoms with Crippen LogP contribution in [0.5, 0.6) is 0 Å². The second-order valence-corrected chi connectivity index (χ2v) is 9.10. The van der Waals surface area contributed by atoms with E-state index in [1.165, 1.54) is 5.56 Å². The first-order chi connectivity index (χ1) is 15.3. The Morgan fingerprint density at radius 2 is 1.94 bits per heavy atom. The molecule has 0 atom stereocenters. The average molecular weight is 455 g/mol. The Hall–Kier alpha value is -2.83. The average Bonchev–Trinajstić information content (AvgIpc) is 3.23. The van der Waals surface area contributed by atoms with Crippen LogP contribution < -0.4 is 10.6 Å². The molecule has 0 aliphatic heterocycles. The maximum atomic E-state index is 12.8. The maximum absolute atomic E-state index is 12.8. The zero-order chi connectivity index (χ0) is 23.3. The second kappa shape index (κ2) is 10.7. The number of carbonyl (C=O) groups excluding carboxylic acids is 1. The van der Waals surface area contributed by atoms with Gasteiger partial charge in [0.1, 0.15) is 11.5 Å². The van der Waals surface area contributed by atoms with Gasteiger partial charge in [0, 0.05) is 36.1 Å². The maximum Gasteiger partial charge on any atom is 0.267 e. The van der Waals surface area contributed by atoms with E-state index in [1.807, 2.05) is 32.0 Å². The summed E-state index contributed by atoms with van der Waals surface area (Å²) in [6, 6.07) is 9.92. The third-order valence-electron chi connectivity index (χ3n) is 5.05. The van der Waals surface area contributed by atoms with E-state index in [0.29, 0.717) is 23.2 Å². The number of benzene rings is 1. The van der Waals surface area contributed by atoms with Crippen LogP contribution in [0.25, 0.3) is 11.1 Å². The molecule has 0 unspecified atom stereocenters. The van der Waals surface area contributed by atoms with Gasteiger partial charge in [-0.1, -0.05) is 43.6 Å². The van der Waals surface area contributed by atoms with Crippen LogP contribution in [0.15, 0.2) is 42.7 Å². The number of rotatable bonds is 9. The second-order valence-electron chi connectivity index (χ2n) is 8.69. The normalized spacial score (nSPS) is 11.2. The molecule has 3 aromatic rings. The van der Waals surface area contributed by atoms with Gasteiger partial charge in [0.15, 0.2) is 0 Å².